The summed E-state index contributed by atoms with van der Waals surface area (Å²) >= 11 is 0. The first-order valence-corrected chi connectivity index (χ1v) is 4.39. The second kappa shape index (κ2) is 5.01. The first-order valence-electron chi connectivity index (χ1n) is 4.39. The number of rotatable bonds is 4. The van der Waals surface area contributed by atoms with E-state index in [0.29, 0.717) is 6.07 Å². The lowest BCUT2D eigenvalue weighted by Gasteiger charge is -2.03. The number of benzene rings is 1. The zero-order chi connectivity index (χ0) is 12.1. The van der Waals surface area contributed by atoms with Crippen LogP contribution in [0, 0.1) is 15.9 Å². The van der Waals surface area contributed by atoms with Crippen LogP contribution in [0.1, 0.15) is 10.4 Å². The number of carbonyl (C=O) groups is 1. The molecule has 5 nitrogen and oxygen atoms in total. The Kier molecular flexibility index (Phi) is 3.71. The van der Waals surface area contributed by atoms with Crippen molar-refractivity contribution in [3.8, 4) is 0 Å². The van der Waals surface area contributed by atoms with Crippen LogP contribution in [0.5, 0.6) is 0 Å². The van der Waals surface area contributed by atoms with E-state index >= 15 is 0 Å². The summed E-state index contributed by atoms with van der Waals surface area (Å²) in [5.74, 6) is -1.39. The molecule has 0 aliphatic carbocycles. The molecule has 16 heavy (non-hydrogen) atoms. The number of hydrogen-bond donors (Lipinski definition) is 1. The van der Waals surface area contributed by atoms with Gasteiger partial charge in [0.2, 0.25) is 0 Å². The highest BCUT2D eigenvalue weighted by atomic mass is 19.1. The van der Waals surface area contributed by atoms with Gasteiger partial charge in [-0.1, -0.05) is 6.08 Å². The number of nitro groups is 1. The number of carbonyl (C=O) groups excluding carboxylic acids is 1. The highest BCUT2D eigenvalue weighted by Crippen LogP contribution is 2.19. The van der Waals surface area contributed by atoms with Crippen LogP contribution in [0.15, 0.2) is 30.9 Å². The molecular weight excluding hydrogens is 215 g/mol. The van der Waals surface area contributed by atoms with Gasteiger partial charge in [0.05, 0.1) is 11.0 Å². The zero-order valence-corrected chi connectivity index (χ0v) is 8.27. The highest BCUT2D eigenvalue weighted by molar-refractivity contribution is 5.98. The zero-order valence-electron chi connectivity index (χ0n) is 8.27. The van der Waals surface area contributed by atoms with Gasteiger partial charge in [-0.2, -0.15) is 0 Å². The molecule has 0 saturated heterocycles. The average Bonchev–Trinajstić information content (AvgIpc) is 2.25. The van der Waals surface area contributed by atoms with E-state index in [0.717, 1.165) is 12.1 Å². The minimum atomic E-state index is -0.800. The molecule has 0 aromatic heterocycles. The van der Waals surface area contributed by atoms with Crippen molar-refractivity contribution in [2.75, 3.05) is 6.54 Å². The van der Waals surface area contributed by atoms with Crippen molar-refractivity contribution in [1.29, 1.82) is 0 Å². The predicted molar refractivity (Wildman–Crippen MR) is 55.6 cm³/mol. The first kappa shape index (κ1) is 11.8. The molecule has 0 radical (unpaired) electrons. The van der Waals surface area contributed by atoms with Crippen LogP contribution in [0.3, 0.4) is 0 Å². The predicted octanol–water partition coefficient (Wildman–Crippen LogP) is 1.65. The lowest BCUT2D eigenvalue weighted by molar-refractivity contribution is -0.385. The van der Waals surface area contributed by atoms with Crippen LogP contribution in [0.25, 0.3) is 0 Å². The minimum Gasteiger partial charge on any atom is -0.348 e. The summed E-state index contributed by atoms with van der Waals surface area (Å²) in [5.41, 5.74) is -0.727. The Bertz CT molecular complexity index is 446. The van der Waals surface area contributed by atoms with Crippen molar-refractivity contribution in [3.63, 3.8) is 0 Å². The molecule has 1 aromatic carbocycles. The van der Waals surface area contributed by atoms with Crippen molar-refractivity contribution < 1.29 is 14.1 Å². The summed E-state index contributed by atoms with van der Waals surface area (Å²) in [6, 6.07) is 2.78. The van der Waals surface area contributed by atoms with Crippen molar-refractivity contribution in [2.45, 2.75) is 0 Å². The first-order chi connectivity index (χ1) is 7.56. The molecule has 0 bridgehead atoms. The molecular formula is C10H9FN2O3. The second-order valence-corrected chi connectivity index (χ2v) is 2.92. The van der Waals surface area contributed by atoms with E-state index in [9.17, 15) is 19.3 Å². The summed E-state index contributed by atoms with van der Waals surface area (Å²) in [6.45, 7) is 3.58. The fourth-order valence-corrected chi connectivity index (χ4v) is 1.11. The molecule has 1 aromatic rings. The molecule has 0 saturated carbocycles. The Labute approximate surface area is 90.7 Å². The molecule has 0 atom stereocenters. The smallest absolute Gasteiger partial charge is 0.285 e. The number of nitro benzene ring substituents is 1. The summed E-state index contributed by atoms with van der Waals surface area (Å²) in [7, 11) is 0. The minimum absolute atomic E-state index is 0.173. The van der Waals surface area contributed by atoms with Gasteiger partial charge in [0.1, 0.15) is 11.4 Å². The monoisotopic (exact) mass is 224 g/mol. The van der Waals surface area contributed by atoms with Gasteiger partial charge in [-0.15, -0.1) is 6.58 Å². The Morgan fingerprint density at radius 1 is 1.62 bits per heavy atom. The van der Waals surface area contributed by atoms with Crippen LogP contribution < -0.4 is 5.32 Å². The number of halogens is 1. The van der Waals surface area contributed by atoms with Crippen molar-refractivity contribution in [2.24, 2.45) is 0 Å². The molecule has 84 valence electrons. The van der Waals surface area contributed by atoms with E-state index in [1.165, 1.54) is 6.08 Å². The number of nitrogens with zero attached hydrogens (tertiary/aromatic N) is 1. The fraction of sp³-hybridized carbons (Fsp3) is 0.100. The Morgan fingerprint density at radius 2 is 2.31 bits per heavy atom. The van der Waals surface area contributed by atoms with Gasteiger partial charge >= 0.3 is 0 Å². The molecule has 1 amide bonds. The Morgan fingerprint density at radius 3 is 2.88 bits per heavy atom. The maximum absolute atomic E-state index is 12.8. The van der Waals surface area contributed by atoms with E-state index in [1.54, 1.807) is 0 Å². The summed E-state index contributed by atoms with van der Waals surface area (Å²) in [6.07, 6.45) is 1.44. The van der Waals surface area contributed by atoms with Gasteiger partial charge in [0, 0.05) is 6.54 Å². The van der Waals surface area contributed by atoms with Crippen molar-refractivity contribution in [3.05, 3.63) is 52.3 Å². The fourth-order valence-electron chi connectivity index (χ4n) is 1.11. The second-order valence-electron chi connectivity index (χ2n) is 2.92. The quantitative estimate of drug-likeness (QED) is 0.480. The molecule has 0 aliphatic heterocycles. The topological polar surface area (TPSA) is 72.2 Å². The van der Waals surface area contributed by atoms with Crippen LogP contribution in [-0.4, -0.2) is 17.4 Å². The van der Waals surface area contributed by atoms with Crippen molar-refractivity contribution >= 4 is 11.6 Å². The van der Waals surface area contributed by atoms with Gasteiger partial charge in [0.25, 0.3) is 11.6 Å². The third-order valence-electron chi connectivity index (χ3n) is 1.81. The summed E-state index contributed by atoms with van der Waals surface area (Å²) in [5, 5.41) is 13.0. The van der Waals surface area contributed by atoms with Crippen LogP contribution >= 0.6 is 0 Å². The maximum Gasteiger partial charge on any atom is 0.285 e. The van der Waals surface area contributed by atoms with Gasteiger partial charge < -0.3 is 5.32 Å². The van der Waals surface area contributed by atoms with Crippen LogP contribution in [0.4, 0.5) is 10.1 Å². The number of nitrogens with one attached hydrogen (secondary N) is 1. The van der Waals surface area contributed by atoms with Gasteiger partial charge in [-0.3, -0.25) is 14.9 Å². The molecule has 0 fully saturated rings. The van der Waals surface area contributed by atoms with E-state index < -0.39 is 22.3 Å². The SMILES string of the molecule is C=CCNC(=O)c1ccc(F)cc1[N+](=O)[O-]. The average molecular weight is 224 g/mol. The largest absolute Gasteiger partial charge is 0.348 e. The standard InChI is InChI=1S/C10H9FN2O3/c1-2-5-12-10(14)8-4-3-7(11)6-9(8)13(15)16/h2-4,6H,1,5H2,(H,12,14). The number of amides is 1. The lowest BCUT2D eigenvalue weighted by atomic mass is 10.1. The van der Waals surface area contributed by atoms with E-state index in [2.05, 4.69) is 11.9 Å². The van der Waals surface area contributed by atoms with Gasteiger partial charge in [0.15, 0.2) is 0 Å². The van der Waals surface area contributed by atoms with Crippen LogP contribution in [0.2, 0.25) is 0 Å². The lowest BCUT2D eigenvalue weighted by Crippen LogP contribution is -2.24. The maximum atomic E-state index is 12.8. The van der Waals surface area contributed by atoms with Gasteiger partial charge in [-0.05, 0) is 12.1 Å². The Hall–Kier alpha value is -2.24. The Balaban J connectivity index is 3.07. The van der Waals surface area contributed by atoms with E-state index in [1.807, 2.05) is 0 Å². The molecule has 0 aliphatic rings. The van der Waals surface area contributed by atoms with Gasteiger partial charge in [-0.25, -0.2) is 4.39 Å². The third kappa shape index (κ3) is 2.63. The molecule has 0 heterocycles. The summed E-state index contributed by atoms with van der Waals surface area (Å²) in [4.78, 5) is 21.2. The number of hydrogen-bond acceptors (Lipinski definition) is 3. The molecule has 6 heteroatoms. The molecule has 0 spiro atoms. The third-order valence-corrected chi connectivity index (χ3v) is 1.81. The van der Waals surface area contributed by atoms with E-state index in [4.69, 9.17) is 0 Å². The van der Waals surface area contributed by atoms with E-state index in [-0.39, 0.29) is 12.1 Å². The van der Waals surface area contributed by atoms with Crippen molar-refractivity contribution in [1.82, 2.24) is 5.32 Å². The molecule has 1 rings (SSSR count). The molecule has 0 unspecified atom stereocenters. The normalized spacial score (nSPS) is 9.56. The summed E-state index contributed by atoms with van der Waals surface area (Å²) < 4.78 is 12.8. The molecule has 1 N–H and O–H groups in total. The highest BCUT2D eigenvalue weighted by Gasteiger charge is 2.20. The van der Waals surface area contributed by atoms with Crippen LogP contribution in [-0.2, 0) is 0 Å².